The lowest BCUT2D eigenvalue weighted by Crippen LogP contribution is -2.48. The van der Waals surface area contributed by atoms with Gasteiger partial charge in [0.05, 0.1) is 28.5 Å². The fraction of sp³-hybridized carbons (Fsp3) is 0.240. The maximum absolute atomic E-state index is 13.2. The molecular weight excluding hydrogens is 511 g/mol. The predicted molar refractivity (Wildman–Crippen MR) is 129 cm³/mol. The molecule has 3 aromatic carbocycles. The van der Waals surface area contributed by atoms with Crippen molar-refractivity contribution in [2.24, 2.45) is 5.92 Å². The lowest BCUT2D eigenvalue weighted by atomic mass is 9.94. The molecule has 0 spiro atoms. The number of sulfonamides is 1. The van der Waals surface area contributed by atoms with Gasteiger partial charge in [0, 0.05) is 5.56 Å². The minimum Gasteiger partial charge on any atom is -0.489 e. The van der Waals surface area contributed by atoms with Gasteiger partial charge >= 0.3 is 0 Å². The molecule has 8 nitrogen and oxygen atoms in total. The van der Waals surface area contributed by atoms with E-state index < -0.39 is 27.7 Å². The molecule has 1 aliphatic heterocycles. The van der Waals surface area contributed by atoms with Gasteiger partial charge < -0.3 is 9.47 Å². The first kappa shape index (κ1) is 26.1. The standard InChI is InChI=1S/C25H24ClFN2O6S/c26-23-14-20(27)8-6-18(23)15-34-21-9-11-22(12-10-21)36(32,33)28-29(31)25(30)19-7-13-24(35-16-19)17-4-2-1-3-5-17/h1-6,8-12,14,19,24,28,31H,7,13,15-16H2. The molecule has 0 saturated carbocycles. The van der Waals surface area contributed by atoms with Crippen molar-refractivity contribution in [3.63, 3.8) is 0 Å². The van der Waals surface area contributed by atoms with E-state index in [2.05, 4.69) is 0 Å². The molecule has 2 N–H and O–H groups in total. The largest absolute Gasteiger partial charge is 0.489 e. The normalized spacial score (nSPS) is 18.0. The van der Waals surface area contributed by atoms with Gasteiger partial charge in [-0.15, -0.1) is 5.17 Å². The van der Waals surface area contributed by atoms with Crippen molar-refractivity contribution in [1.82, 2.24) is 10.0 Å². The van der Waals surface area contributed by atoms with E-state index in [1.54, 1.807) is 0 Å². The highest BCUT2D eigenvalue weighted by Crippen LogP contribution is 2.31. The molecular formula is C25H24ClFN2O6S. The maximum Gasteiger partial charge on any atom is 0.267 e. The minimum atomic E-state index is -4.25. The summed E-state index contributed by atoms with van der Waals surface area (Å²) in [5.74, 6) is -1.61. The Balaban J connectivity index is 1.31. The van der Waals surface area contributed by atoms with E-state index in [9.17, 15) is 22.8 Å². The van der Waals surface area contributed by atoms with Crippen molar-refractivity contribution in [1.29, 1.82) is 0 Å². The first-order valence-electron chi connectivity index (χ1n) is 11.1. The second-order valence-electron chi connectivity index (χ2n) is 8.25. The fourth-order valence-corrected chi connectivity index (χ4v) is 4.92. The maximum atomic E-state index is 13.2. The number of nitrogens with zero attached hydrogens (tertiary/aromatic N) is 1. The summed E-state index contributed by atoms with van der Waals surface area (Å²) in [7, 11) is -4.25. The number of hydrogen-bond donors (Lipinski definition) is 2. The van der Waals surface area contributed by atoms with Gasteiger partial charge in [-0.1, -0.05) is 52.8 Å². The molecule has 2 atom stereocenters. The summed E-state index contributed by atoms with van der Waals surface area (Å²) >= 11 is 5.97. The van der Waals surface area contributed by atoms with Crippen LogP contribution in [-0.4, -0.2) is 31.3 Å². The number of carbonyl (C=O) groups excluding carboxylic acids is 1. The Morgan fingerprint density at radius 2 is 1.83 bits per heavy atom. The molecule has 11 heteroatoms. The Bertz CT molecular complexity index is 1300. The van der Waals surface area contributed by atoms with Gasteiger partial charge in [-0.2, -0.15) is 0 Å². The van der Waals surface area contributed by atoms with Crippen LogP contribution in [0.4, 0.5) is 4.39 Å². The van der Waals surface area contributed by atoms with Gasteiger partial charge in [0.1, 0.15) is 18.2 Å². The molecule has 36 heavy (non-hydrogen) atoms. The molecule has 1 amide bonds. The SMILES string of the molecule is O=C(C1CCC(c2ccccc2)OC1)N(O)NS(=O)(=O)c1ccc(OCc2ccc(F)cc2Cl)cc1. The summed E-state index contributed by atoms with van der Waals surface area (Å²) in [6.45, 7) is 0.109. The van der Waals surface area contributed by atoms with E-state index in [-0.39, 0.29) is 34.4 Å². The predicted octanol–water partition coefficient (Wildman–Crippen LogP) is 4.64. The summed E-state index contributed by atoms with van der Waals surface area (Å²) in [6.07, 6.45) is 0.839. The number of amides is 1. The van der Waals surface area contributed by atoms with Gasteiger partial charge in [0.2, 0.25) is 0 Å². The topological polar surface area (TPSA) is 105 Å². The van der Waals surface area contributed by atoms with E-state index >= 15 is 0 Å². The third kappa shape index (κ3) is 6.40. The van der Waals surface area contributed by atoms with Crippen LogP contribution in [0.25, 0.3) is 0 Å². The van der Waals surface area contributed by atoms with Crippen LogP contribution in [0.2, 0.25) is 5.02 Å². The number of rotatable bonds is 8. The number of carbonyl (C=O) groups is 1. The van der Waals surface area contributed by atoms with Gasteiger partial charge in [-0.05, 0) is 54.8 Å². The zero-order valence-electron chi connectivity index (χ0n) is 19.0. The molecule has 1 saturated heterocycles. The van der Waals surface area contributed by atoms with Crippen LogP contribution in [0.1, 0.15) is 30.1 Å². The zero-order valence-corrected chi connectivity index (χ0v) is 20.6. The molecule has 1 fully saturated rings. The molecule has 190 valence electrons. The Morgan fingerprint density at radius 1 is 1.11 bits per heavy atom. The molecule has 0 radical (unpaired) electrons. The van der Waals surface area contributed by atoms with Gasteiger partial charge in [0.25, 0.3) is 15.9 Å². The molecule has 3 aromatic rings. The number of nitrogens with one attached hydrogen (secondary N) is 1. The van der Waals surface area contributed by atoms with Crippen molar-refractivity contribution in [3.8, 4) is 5.75 Å². The monoisotopic (exact) mass is 534 g/mol. The third-order valence-corrected chi connectivity index (χ3v) is 7.41. The minimum absolute atomic E-state index is 0.00680. The third-order valence-electron chi connectivity index (χ3n) is 5.76. The number of halogens is 2. The molecule has 4 rings (SSSR count). The lowest BCUT2D eigenvalue weighted by molar-refractivity contribution is -0.182. The van der Waals surface area contributed by atoms with Crippen LogP contribution in [0, 0.1) is 11.7 Å². The molecule has 0 aliphatic carbocycles. The van der Waals surface area contributed by atoms with Crippen LogP contribution in [0.5, 0.6) is 5.75 Å². The van der Waals surface area contributed by atoms with E-state index in [1.165, 1.54) is 42.5 Å². The summed E-state index contributed by atoms with van der Waals surface area (Å²) in [5, 5.41) is 10.3. The van der Waals surface area contributed by atoms with E-state index in [0.717, 1.165) is 5.56 Å². The average molecular weight is 535 g/mol. The van der Waals surface area contributed by atoms with Gasteiger partial charge in [-0.3, -0.25) is 10.0 Å². The summed E-state index contributed by atoms with van der Waals surface area (Å²) in [6, 6.07) is 18.8. The van der Waals surface area contributed by atoms with Gasteiger partial charge in [0.15, 0.2) is 0 Å². The summed E-state index contributed by atoms with van der Waals surface area (Å²) in [5.41, 5.74) is 1.56. The van der Waals surface area contributed by atoms with Crippen molar-refractivity contribution in [2.75, 3.05) is 6.61 Å². The van der Waals surface area contributed by atoms with Crippen LogP contribution < -0.4 is 9.57 Å². The molecule has 1 aliphatic rings. The Hall–Kier alpha value is -3.02. The number of hydroxylamine groups is 1. The molecule has 2 unspecified atom stereocenters. The Morgan fingerprint density at radius 3 is 2.47 bits per heavy atom. The van der Waals surface area contributed by atoms with Crippen molar-refractivity contribution >= 4 is 27.5 Å². The van der Waals surface area contributed by atoms with E-state index in [1.807, 2.05) is 35.2 Å². The summed E-state index contributed by atoms with van der Waals surface area (Å²) in [4.78, 5) is 14.3. The number of ether oxygens (including phenoxy) is 2. The van der Waals surface area contributed by atoms with Crippen molar-refractivity contribution in [3.05, 3.63) is 94.8 Å². The van der Waals surface area contributed by atoms with E-state index in [4.69, 9.17) is 21.1 Å². The highest BCUT2D eigenvalue weighted by molar-refractivity contribution is 7.89. The van der Waals surface area contributed by atoms with Crippen LogP contribution in [-0.2, 0) is 26.2 Å². The lowest BCUT2D eigenvalue weighted by Gasteiger charge is -2.30. The second kappa shape index (κ2) is 11.4. The first-order chi connectivity index (χ1) is 17.2. The quantitative estimate of drug-likeness (QED) is 0.322. The smallest absolute Gasteiger partial charge is 0.267 e. The van der Waals surface area contributed by atoms with Crippen LogP contribution in [0.3, 0.4) is 0 Å². The number of hydrogen-bond acceptors (Lipinski definition) is 6. The molecule has 0 aromatic heterocycles. The second-order valence-corrected chi connectivity index (χ2v) is 10.3. The average Bonchev–Trinajstić information content (AvgIpc) is 2.88. The van der Waals surface area contributed by atoms with Crippen molar-refractivity contribution in [2.45, 2.75) is 30.4 Å². The van der Waals surface area contributed by atoms with E-state index in [0.29, 0.717) is 24.2 Å². The fourth-order valence-electron chi connectivity index (χ4n) is 3.78. The molecule has 1 heterocycles. The summed E-state index contributed by atoms with van der Waals surface area (Å²) < 4.78 is 49.8. The molecule has 0 bridgehead atoms. The van der Waals surface area contributed by atoms with Crippen LogP contribution in [0.15, 0.2) is 77.7 Å². The highest BCUT2D eigenvalue weighted by atomic mass is 35.5. The van der Waals surface area contributed by atoms with Crippen molar-refractivity contribution < 1.29 is 32.3 Å². The Labute approximate surface area is 213 Å². The number of hydrazine groups is 1. The zero-order chi connectivity index (χ0) is 25.7. The highest BCUT2D eigenvalue weighted by Gasteiger charge is 2.32. The Kier molecular flexibility index (Phi) is 8.22. The number of benzene rings is 3. The van der Waals surface area contributed by atoms with Crippen LogP contribution >= 0.6 is 11.6 Å². The van der Waals surface area contributed by atoms with Gasteiger partial charge in [-0.25, -0.2) is 12.8 Å². The first-order valence-corrected chi connectivity index (χ1v) is 13.0.